The van der Waals surface area contributed by atoms with Crippen LogP contribution in [-0.2, 0) is 0 Å². The Bertz CT molecular complexity index is 539. The summed E-state index contributed by atoms with van der Waals surface area (Å²) in [6.07, 6.45) is 1.28. The van der Waals surface area contributed by atoms with Gasteiger partial charge in [-0.1, -0.05) is 30.3 Å². The fraction of sp³-hybridized carbons (Fsp3) is 0.167. The van der Waals surface area contributed by atoms with Crippen LogP contribution in [-0.4, -0.2) is 14.8 Å². The first-order valence-electron chi connectivity index (χ1n) is 5.08. The second-order valence-corrected chi connectivity index (χ2v) is 3.99. The Balaban J connectivity index is 2.45. The van der Waals surface area contributed by atoms with Gasteiger partial charge in [0.25, 0.3) is 5.24 Å². The molecule has 1 aromatic heterocycles. The molecule has 0 fully saturated rings. The van der Waals surface area contributed by atoms with E-state index in [-0.39, 0.29) is 11.7 Å². The van der Waals surface area contributed by atoms with Gasteiger partial charge < -0.3 is 4.57 Å². The highest BCUT2D eigenvalue weighted by Gasteiger charge is 2.20. The van der Waals surface area contributed by atoms with Crippen LogP contribution in [0.25, 0.3) is 0 Å². The van der Waals surface area contributed by atoms with E-state index < -0.39 is 11.2 Å². The van der Waals surface area contributed by atoms with E-state index in [2.05, 4.69) is 4.98 Å². The highest BCUT2D eigenvalue weighted by atomic mass is 35.5. The highest BCUT2D eigenvalue weighted by Crippen LogP contribution is 2.21. The largest absolute Gasteiger partial charge is 0.317 e. The molecule has 5 heteroatoms. The molecule has 0 aliphatic carbocycles. The van der Waals surface area contributed by atoms with E-state index >= 15 is 0 Å². The average molecular weight is 253 g/mol. The monoisotopic (exact) mass is 252 g/mol. The first-order chi connectivity index (χ1) is 8.11. The first kappa shape index (κ1) is 11.8. The van der Waals surface area contributed by atoms with Gasteiger partial charge in [-0.15, -0.1) is 0 Å². The van der Waals surface area contributed by atoms with Crippen molar-refractivity contribution in [1.82, 2.24) is 9.55 Å². The van der Waals surface area contributed by atoms with Crippen molar-refractivity contribution in [2.75, 3.05) is 0 Å². The molecule has 3 nitrogen and oxygen atoms in total. The summed E-state index contributed by atoms with van der Waals surface area (Å²) in [5, 5.41) is -0.845. The van der Waals surface area contributed by atoms with Gasteiger partial charge in [-0.2, -0.15) is 4.39 Å². The quantitative estimate of drug-likeness (QED) is 0.787. The van der Waals surface area contributed by atoms with Gasteiger partial charge in [-0.05, 0) is 24.1 Å². The molecule has 1 aromatic carbocycles. The SMILES string of the molecule is C[C@H](c1ccccc1)n1cnc(F)c1C(=O)Cl. The van der Waals surface area contributed by atoms with Gasteiger partial charge in [0.1, 0.15) is 0 Å². The maximum absolute atomic E-state index is 13.3. The Labute approximate surface area is 103 Å². The normalized spacial score (nSPS) is 12.4. The molecule has 0 bridgehead atoms. The highest BCUT2D eigenvalue weighted by molar-refractivity contribution is 6.67. The molecule has 2 rings (SSSR count). The van der Waals surface area contributed by atoms with E-state index in [4.69, 9.17) is 11.6 Å². The summed E-state index contributed by atoms with van der Waals surface area (Å²) in [4.78, 5) is 14.6. The summed E-state index contributed by atoms with van der Waals surface area (Å²) in [5.74, 6) is -0.840. The first-order valence-corrected chi connectivity index (χ1v) is 5.46. The van der Waals surface area contributed by atoms with Crippen molar-refractivity contribution in [3.63, 3.8) is 0 Å². The van der Waals surface area contributed by atoms with Gasteiger partial charge in [0, 0.05) is 0 Å². The Morgan fingerprint density at radius 1 is 1.41 bits per heavy atom. The molecule has 0 radical (unpaired) electrons. The zero-order valence-electron chi connectivity index (χ0n) is 9.10. The minimum Gasteiger partial charge on any atom is -0.317 e. The summed E-state index contributed by atoms with van der Waals surface area (Å²) in [6.45, 7) is 1.85. The lowest BCUT2D eigenvalue weighted by atomic mass is 10.1. The van der Waals surface area contributed by atoms with Crippen molar-refractivity contribution in [2.45, 2.75) is 13.0 Å². The Kier molecular flexibility index (Phi) is 3.24. The number of benzene rings is 1. The molecule has 1 heterocycles. The van der Waals surface area contributed by atoms with E-state index in [1.54, 1.807) is 0 Å². The van der Waals surface area contributed by atoms with Gasteiger partial charge in [-0.25, -0.2) is 4.98 Å². The number of halogens is 2. The van der Waals surface area contributed by atoms with Crippen LogP contribution in [0.15, 0.2) is 36.7 Å². The standard InChI is InChI=1S/C12H10ClFN2O/c1-8(9-5-3-2-4-6-9)16-7-15-12(14)10(16)11(13)17/h2-8H,1H3/t8-/m1/s1. The Morgan fingerprint density at radius 2 is 2.06 bits per heavy atom. The summed E-state index contributed by atoms with van der Waals surface area (Å²) >= 11 is 5.35. The number of nitrogens with zero attached hydrogens (tertiary/aromatic N) is 2. The predicted octanol–water partition coefficient (Wildman–Crippen LogP) is 3.01. The summed E-state index contributed by atoms with van der Waals surface area (Å²) < 4.78 is 14.7. The van der Waals surface area contributed by atoms with Crippen LogP contribution in [0, 0.1) is 5.95 Å². The van der Waals surface area contributed by atoms with E-state index in [9.17, 15) is 9.18 Å². The number of aromatic nitrogens is 2. The molecule has 0 saturated heterocycles. The van der Waals surface area contributed by atoms with Crippen molar-refractivity contribution in [1.29, 1.82) is 0 Å². The molecule has 0 unspecified atom stereocenters. The Hall–Kier alpha value is -1.68. The van der Waals surface area contributed by atoms with Gasteiger partial charge in [0.2, 0.25) is 5.95 Å². The second kappa shape index (κ2) is 4.67. The number of hydrogen-bond acceptors (Lipinski definition) is 2. The molecule has 0 saturated carbocycles. The van der Waals surface area contributed by atoms with Crippen molar-refractivity contribution >= 4 is 16.8 Å². The zero-order chi connectivity index (χ0) is 12.4. The van der Waals surface area contributed by atoms with E-state index in [1.807, 2.05) is 37.3 Å². The van der Waals surface area contributed by atoms with Gasteiger partial charge >= 0.3 is 0 Å². The maximum atomic E-state index is 13.3. The number of imidazole rings is 1. The van der Waals surface area contributed by atoms with Crippen molar-refractivity contribution < 1.29 is 9.18 Å². The summed E-state index contributed by atoms with van der Waals surface area (Å²) in [7, 11) is 0. The van der Waals surface area contributed by atoms with Crippen LogP contribution in [0.5, 0.6) is 0 Å². The van der Waals surface area contributed by atoms with E-state index in [1.165, 1.54) is 10.9 Å². The second-order valence-electron chi connectivity index (χ2n) is 3.65. The van der Waals surface area contributed by atoms with Crippen molar-refractivity contribution in [3.8, 4) is 0 Å². The van der Waals surface area contributed by atoms with Crippen LogP contribution < -0.4 is 0 Å². The van der Waals surface area contributed by atoms with Crippen LogP contribution in [0.1, 0.15) is 29.0 Å². The minimum absolute atomic E-state index is 0.203. The van der Waals surface area contributed by atoms with Gasteiger partial charge in [0.05, 0.1) is 12.4 Å². The molecule has 17 heavy (non-hydrogen) atoms. The molecule has 1 atom stereocenters. The average Bonchev–Trinajstić information content (AvgIpc) is 2.71. The molecule has 0 aliphatic rings. The van der Waals surface area contributed by atoms with Crippen molar-refractivity contribution in [3.05, 3.63) is 53.9 Å². The molecule has 0 spiro atoms. The summed E-state index contributed by atoms with van der Waals surface area (Å²) in [6, 6.07) is 9.22. The number of carbonyl (C=O) groups is 1. The topological polar surface area (TPSA) is 34.9 Å². The van der Waals surface area contributed by atoms with Crippen molar-refractivity contribution in [2.24, 2.45) is 0 Å². The Morgan fingerprint density at radius 3 is 2.65 bits per heavy atom. The lowest BCUT2D eigenvalue weighted by molar-refractivity contribution is 0.106. The molecule has 2 aromatic rings. The van der Waals surface area contributed by atoms with E-state index in [0.717, 1.165) is 5.56 Å². The van der Waals surface area contributed by atoms with Crippen LogP contribution in [0.2, 0.25) is 0 Å². The third-order valence-corrected chi connectivity index (χ3v) is 2.81. The molecular weight excluding hydrogens is 243 g/mol. The molecule has 0 amide bonds. The summed E-state index contributed by atoms with van der Waals surface area (Å²) in [5.41, 5.74) is 0.743. The zero-order valence-corrected chi connectivity index (χ0v) is 9.86. The molecule has 0 N–H and O–H groups in total. The third kappa shape index (κ3) is 2.22. The molecule has 88 valence electrons. The fourth-order valence-corrected chi connectivity index (χ4v) is 1.88. The van der Waals surface area contributed by atoms with Gasteiger partial charge in [-0.3, -0.25) is 4.79 Å². The number of hydrogen-bond donors (Lipinski definition) is 0. The maximum Gasteiger partial charge on any atom is 0.273 e. The lowest BCUT2D eigenvalue weighted by Crippen LogP contribution is -2.11. The molecular formula is C12H10ClFN2O. The lowest BCUT2D eigenvalue weighted by Gasteiger charge is -2.15. The van der Waals surface area contributed by atoms with Crippen LogP contribution in [0.4, 0.5) is 4.39 Å². The van der Waals surface area contributed by atoms with Crippen LogP contribution >= 0.6 is 11.6 Å². The van der Waals surface area contributed by atoms with E-state index in [0.29, 0.717) is 0 Å². The van der Waals surface area contributed by atoms with Crippen LogP contribution in [0.3, 0.4) is 0 Å². The number of carbonyl (C=O) groups excluding carboxylic acids is 1. The fourth-order valence-electron chi connectivity index (χ4n) is 1.71. The predicted molar refractivity (Wildman–Crippen MR) is 62.6 cm³/mol. The molecule has 0 aliphatic heterocycles. The third-order valence-electron chi connectivity index (χ3n) is 2.63. The van der Waals surface area contributed by atoms with Gasteiger partial charge in [0.15, 0.2) is 5.69 Å². The minimum atomic E-state index is -0.845. The number of rotatable bonds is 3. The smallest absolute Gasteiger partial charge is 0.273 e.